The molecule has 0 spiro atoms. The zero-order chi connectivity index (χ0) is 25.1. The second-order valence-electron chi connectivity index (χ2n) is 7.88. The molecule has 2 aliphatic rings. The van der Waals surface area contributed by atoms with Crippen LogP contribution < -0.4 is 26.0 Å². The average molecular weight is 551 g/mol. The number of sulfone groups is 2. The van der Waals surface area contributed by atoms with Gasteiger partial charge >= 0.3 is 0 Å². The first-order valence-corrected chi connectivity index (χ1v) is 14.8. The molecule has 2 aliphatic heterocycles. The highest BCUT2D eigenvalue weighted by Crippen LogP contribution is 2.24. The Bertz CT molecular complexity index is 1310. The van der Waals surface area contributed by atoms with Crippen molar-refractivity contribution in [3.05, 3.63) is 72.1 Å². The molecule has 0 saturated carbocycles. The van der Waals surface area contributed by atoms with Gasteiger partial charge in [-0.3, -0.25) is 0 Å². The Morgan fingerprint density at radius 1 is 0.629 bits per heavy atom. The summed E-state index contributed by atoms with van der Waals surface area (Å²) in [5.41, 5.74) is 2.59. The van der Waals surface area contributed by atoms with Crippen molar-refractivity contribution in [1.29, 1.82) is 0 Å². The van der Waals surface area contributed by atoms with Gasteiger partial charge in [0.25, 0.3) is 0 Å². The molecular weight excluding hydrogens is 529 g/mol. The number of hydrogen-bond acceptors (Lipinski definition) is 7. The first-order valence-electron chi connectivity index (χ1n) is 10.4. The third-order valence-electron chi connectivity index (χ3n) is 4.93. The lowest BCUT2D eigenvalue weighted by molar-refractivity contribution is 0.483. The maximum atomic E-state index is 11.5. The SMILES string of the molecule is O=S1(=O)CC=C(NC(=S)Nc2ccc(Oc3ccc(NC(=S)NC4=CCS(=O)(=O)C4)cc3)cc2)C1. The molecule has 4 rings (SSSR count). The molecular formula is C22H22N4O5S4. The van der Waals surface area contributed by atoms with Gasteiger partial charge in [0.2, 0.25) is 0 Å². The predicted molar refractivity (Wildman–Crippen MR) is 145 cm³/mol. The maximum absolute atomic E-state index is 11.5. The molecule has 13 heteroatoms. The fourth-order valence-electron chi connectivity index (χ4n) is 3.30. The van der Waals surface area contributed by atoms with Crippen molar-refractivity contribution >= 4 is 65.7 Å². The van der Waals surface area contributed by atoms with Gasteiger partial charge in [0.05, 0.1) is 23.0 Å². The first-order chi connectivity index (χ1) is 16.6. The molecule has 0 bridgehead atoms. The standard InChI is InChI=1S/C22H22N4O5S4/c27-34(28)11-9-17(13-34)25-21(32)23-15-1-5-19(6-2-15)31-20-7-3-16(4-8-20)24-22(33)26-18-10-12-35(29,30)14-18/h1-10H,11-14H2,(H2,23,25,32)(H2,24,26,33). The van der Waals surface area contributed by atoms with E-state index >= 15 is 0 Å². The normalized spacial score (nSPS) is 17.6. The minimum atomic E-state index is -3.06. The molecule has 0 fully saturated rings. The molecule has 35 heavy (non-hydrogen) atoms. The molecule has 0 radical (unpaired) electrons. The van der Waals surface area contributed by atoms with E-state index in [0.29, 0.717) is 33.1 Å². The Balaban J connectivity index is 1.25. The van der Waals surface area contributed by atoms with Gasteiger partial charge in [0.1, 0.15) is 11.5 Å². The van der Waals surface area contributed by atoms with Gasteiger partial charge in [-0.15, -0.1) is 0 Å². The van der Waals surface area contributed by atoms with Gasteiger partial charge in [0, 0.05) is 22.8 Å². The molecule has 0 amide bonds. The van der Waals surface area contributed by atoms with Crippen LogP contribution in [0, 0.1) is 0 Å². The molecule has 0 saturated heterocycles. The molecule has 9 nitrogen and oxygen atoms in total. The number of ether oxygens (including phenoxy) is 1. The van der Waals surface area contributed by atoms with Crippen molar-refractivity contribution in [3.63, 3.8) is 0 Å². The summed E-state index contributed by atoms with van der Waals surface area (Å²) in [6, 6.07) is 14.3. The van der Waals surface area contributed by atoms with Crippen molar-refractivity contribution in [2.24, 2.45) is 0 Å². The number of hydrogen-bond donors (Lipinski definition) is 4. The third kappa shape index (κ3) is 7.49. The highest BCUT2D eigenvalue weighted by Gasteiger charge is 2.21. The summed E-state index contributed by atoms with van der Waals surface area (Å²) in [7, 11) is -6.12. The van der Waals surface area contributed by atoms with Crippen molar-refractivity contribution in [2.75, 3.05) is 33.6 Å². The van der Waals surface area contributed by atoms with Gasteiger partial charge in [-0.25, -0.2) is 16.8 Å². The lowest BCUT2D eigenvalue weighted by Crippen LogP contribution is -2.29. The van der Waals surface area contributed by atoms with Crippen LogP contribution in [0.4, 0.5) is 11.4 Å². The van der Waals surface area contributed by atoms with E-state index in [2.05, 4.69) is 21.3 Å². The fourth-order valence-corrected chi connectivity index (χ4v) is 6.28. The van der Waals surface area contributed by atoms with Gasteiger partial charge in [0.15, 0.2) is 29.9 Å². The lowest BCUT2D eigenvalue weighted by Gasteiger charge is -2.13. The van der Waals surface area contributed by atoms with E-state index in [1.54, 1.807) is 60.7 Å². The molecule has 0 aromatic heterocycles. The van der Waals surface area contributed by atoms with Crippen molar-refractivity contribution in [3.8, 4) is 11.5 Å². The van der Waals surface area contributed by atoms with Crippen LogP contribution in [0.5, 0.6) is 11.5 Å². The summed E-state index contributed by atoms with van der Waals surface area (Å²) in [6.45, 7) is 0. The summed E-state index contributed by atoms with van der Waals surface area (Å²) in [5.74, 6) is 1.20. The van der Waals surface area contributed by atoms with Crippen LogP contribution >= 0.6 is 24.4 Å². The topological polar surface area (TPSA) is 126 Å². The van der Waals surface area contributed by atoms with E-state index in [1.807, 2.05) is 0 Å². The second-order valence-corrected chi connectivity index (χ2v) is 12.9. The molecule has 184 valence electrons. The molecule has 0 unspecified atom stereocenters. The minimum Gasteiger partial charge on any atom is -0.457 e. The Hall–Kier alpha value is -3.00. The van der Waals surface area contributed by atoms with Crippen LogP contribution in [0.15, 0.2) is 72.1 Å². The molecule has 2 aromatic rings. The molecule has 0 atom stereocenters. The summed E-state index contributed by atoms with van der Waals surface area (Å²) in [5, 5.41) is 12.4. The Labute approximate surface area is 214 Å². The quantitative estimate of drug-likeness (QED) is 0.397. The summed E-state index contributed by atoms with van der Waals surface area (Å²) >= 11 is 10.5. The van der Waals surface area contributed by atoms with Gasteiger partial charge in [-0.05, 0) is 85.1 Å². The second kappa shape index (κ2) is 10.3. The maximum Gasteiger partial charge on any atom is 0.175 e. The van der Waals surface area contributed by atoms with Crippen LogP contribution in [-0.2, 0) is 19.7 Å². The van der Waals surface area contributed by atoms with E-state index in [-0.39, 0.29) is 23.0 Å². The number of benzene rings is 2. The molecule has 2 aromatic carbocycles. The number of rotatable bonds is 6. The zero-order valence-electron chi connectivity index (χ0n) is 18.3. The average Bonchev–Trinajstić information content (AvgIpc) is 3.30. The summed E-state index contributed by atoms with van der Waals surface area (Å²) in [6.07, 6.45) is 3.23. The fraction of sp³-hybridized carbons (Fsp3) is 0.182. The van der Waals surface area contributed by atoms with Crippen LogP contribution in [0.2, 0.25) is 0 Å². The smallest absolute Gasteiger partial charge is 0.175 e. The van der Waals surface area contributed by atoms with Crippen molar-refractivity contribution in [1.82, 2.24) is 10.6 Å². The predicted octanol–water partition coefficient (Wildman–Crippen LogP) is 2.68. The van der Waals surface area contributed by atoms with Gasteiger partial charge in [-0.1, -0.05) is 0 Å². The minimum absolute atomic E-state index is 0.0231. The van der Waals surface area contributed by atoms with Crippen LogP contribution in [0.1, 0.15) is 0 Å². The highest BCUT2D eigenvalue weighted by molar-refractivity contribution is 7.92. The Kier molecular flexibility index (Phi) is 7.40. The first kappa shape index (κ1) is 25.1. The van der Waals surface area contributed by atoms with Crippen molar-refractivity contribution in [2.45, 2.75) is 0 Å². The van der Waals surface area contributed by atoms with E-state index < -0.39 is 19.7 Å². The van der Waals surface area contributed by atoms with Gasteiger partial charge in [-0.2, -0.15) is 0 Å². The summed E-state index contributed by atoms with van der Waals surface area (Å²) < 4.78 is 51.9. The molecule has 4 N–H and O–H groups in total. The molecule has 0 aliphatic carbocycles. The zero-order valence-corrected chi connectivity index (χ0v) is 21.5. The lowest BCUT2D eigenvalue weighted by atomic mass is 10.3. The third-order valence-corrected chi connectivity index (χ3v) is 8.19. The number of thiocarbonyl (C=S) groups is 2. The highest BCUT2D eigenvalue weighted by atomic mass is 32.2. The number of nitrogens with one attached hydrogen (secondary N) is 4. The Morgan fingerprint density at radius 3 is 1.31 bits per heavy atom. The van der Waals surface area contributed by atoms with Crippen molar-refractivity contribution < 1.29 is 21.6 Å². The van der Waals surface area contributed by atoms with E-state index in [1.165, 1.54) is 0 Å². The Morgan fingerprint density at radius 2 is 1.00 bits per heavy atom. The van der Waals surface area contributed by atoms with Crippen LogP contribution in [0.3, 0.4) is 0 Å². The van der Waals surface area contributed by atoms with Crippen LogP contribution in [-0.4, -0.2) is 50.1 Å². The van der Waals surface area contributed by atoms with Crippen LogP contribution in [0.25, 0.3) is 0 Å². The van der Waals surface area contributed by atoms with E-state index in [9.17, 15) is 16.8 Å². The number of anilines is 2. The van der Waals surface area contributed by atoms with Gasteiger partial charge < -0.3 is 26.0 Å². The monoisotopic (exact) mass is 550 g/mol. The molecule has 2 heterocycles. The van der Waals surface area contributed by atoms with E-state index in [4.69, 9.17) is 29.2 Å². The van der Waals surface area contributed by atoms with E-state index in [0.717, 1.165) is 11.4 Å². The summed E-state index contributed by atoms with van der Waals surface area (Å²) in [4.78, 5) is 0. The largest absolute Gasteiger partial charge is 0.457 e.